The zero-order valence-electron chi connectivity index (χ0n) is 28.1. The van der Waals surface area contributed by atoms with Crippen molar-refractivity contribution < 1.29 is 34.7 Å². The van der Waals surface area contributed by atoms with E-state index in [0.717, 1.165) is 70.6 Å². The van der Waals surface area contributed by atoms with E-state index in [1.54, 1.807) is 6.08 Å². The highest BCUT2D eigenvalue weighted by Gasteiger charge is 2.30. The van der Waals surface area contributed by atoms with E-state index < -0.39 is 18.3 Å². The molecule has 0 aliphatic carbocycles. The Bertz CT molecular complexity index is 797. The van der Waals surface area contributed by atoms with E-state index in [1.807, 2.05) is 6.92 Å². The molecule has 4 N–H and O–H groups in total. The van der Waals surface area contributed by atoms with Crippen LogP contribution in [-0.2, 0) is 14.3 Å². The van der Waals surface area contributed by atoms with Crippen LogP contribution >= 0.6 is 0 Å². The SMILES string of the molecule is CCCC/C=C\CCCCCCC[C@H](O)[C@@H]1CC[C@@H](CCC[C@@H](O)[C@H](O)CCCCCCC[C@H](O)CC2=C[C@@H](C)OC2=O)O1. The molecule has 1 fully saturated rings. The quantitative estimate of drug-likeness (QED) is 0.0423. The summed E-state index contributed by atoms with van der Waals surface area (Å²) in [5.74, 6) is -0.309. The third-order valence-electron chi connectivity index (χ3n) is 9.29. The van der Waals surface area contributed by atoms with Gasteiger partial charge in [0, 0.05) is 12.0 Å². The molecule has 0 saturated carbocycles. The summed E-state index contributed by atoms with van der Waals surface area (Å²) in [5.41, 5.74) is 0.583. The molecule has 7 nitrogen and oxygen atoms in total. The van der Waals surface area contributed by atoms with Gasteiger partial charge in [0.2, 0.25) is 0 Å². The number of cyclic esters (lactones) is 1. The monoisotopic (exact) mass is 622 g/mol. The van der Waals surface area contributed by atoms with Crippen LogP contribution in [0.4, 0.5) is 0 Å². The van der Waals surface area contributed by atoms with Crippen molar-refractivity contribution in [3.05, 3.63) is 23.8 Å². The van der Waals surface area contributed by atoms with Gasteiger partial charge >= 0.3 is 5.97 Å². The van der Waals surface area contributed by atoms with Crippen LogP contribution in [0.2, 0.25) is 0 Å². The summed E-state index contributed by atoms with van der Waals surface area (Å²) in [6.07, 6.45) is 26.4. The molecule has 7 atom stereocenters. The Morgan fingerprint density at radius 3 is 2.02 bits per heavy atom. The van der Waals surface area contributed by atoms with E-state index >= 15 is 0 Å². The molecule has 1 saturated heterocycles. The van der Waals surface area contributed by atoms with Gasteiger partial charge in [-0.2, -0.15) is 0 Å². The second kappa shape index (κ2) is 24.0. The number of unbranched alkanes of at least 4 members (excludes halogenated alkanes) is 11. The molecule has 44 heavy (non-hydrogen) atoms. The molecule has 256 valence electrons. The fourth-order valence-electron chi connectivity index (χ4n) is 6.46. The summed E-state index contributed by atoms with van der Waals surface area (Å²) in [6, 6.07) is 0. The summed E-state index contributed by atoms with van der Waals surface area (Å²) in [5, 5.41) is 41.6. The minimum atomic E-state index is -0.704. The molecule has 0 radical (unpaired) electrons. The molecule has 0 aromatic rings. The summed E-state index contributed by atoms with van der Waals surface area (Å²) in [4.78, 5) is 11.7. The van der Waals surface area contributed by atoms with Gasteiger partial charge in [-0.25, -0.2) is 4.79 Å². The minimum absolute atomic E-state index is 0.0562. The lowest BCUT2D eigenvalue weighted by Crippen LogP contribution is -2.27. The molecule has 2 aliphatic rings. The topological polar surface area (TPSA) is 116 Å². The van der Waals surface area contributed by atoms with Crippen LogP contribution < -0.4 is 0 Å². The Morgan fingerprint density at radius 2 is 1.36 bits per heavy atom. The van der Waals surface area contributed by atoms with Crippen LogP contribution in [0.15, 0.2) is 23.8 Å². The van der Waals surface area contributed by atoms with Crippen LogP contribution in [0.5, 0.6) is 0 Å². The van der Waals surface area contributed by atoms with E-state index in [4.69, 9.17) is 9.47 Å². The van der Waals surface area contributed by atoms with Crippen molar-refractivity contribution in [3.8, 4) is 0 Å². The number of carbonyl (C=O) groups excluding carboxylic acids is 1. The van der Waals surface area contributed by atoms with Gasteiger partial charge in [-0.05, 0) is 83.6 Å². The van der Waals surface area contributed by atoms with Crippen LogP contribution in [0.1, 0.15) is 162 Å². The summed E-state index contributed by atoms with van der Waals surface area (Å²) in [6.45, 7) is 4.05. The van der Waals surface area contributed by atoms with E-state index in [2.05, 4.69) is 19.1 Å². The Morgan fingerprint density at radius 1 is 0.773 bits per heavy atom. The number of rotatable bonds is 27. The summed E-state index contributed by atoms with van der Waals surface area (Å²) < 4.78 is 11.2. The summed E-state index contributed by atoms with van der Waals surface area (Å²) in [7, 11) is 0. The largest absolute Gasteiger partial charge is 0.455 e. The summed E-state index contributed by atoms with van der Waals surface area (Å²) >= 11 is 0. The van der Waals surface area contributed by atoms with Crippen molar-refractivity contribution in [1.82, 2.24) is 0 Å². The molecule has 2 aliphatic heterocycles. The first-order valence-corrected chi connectivity index (χ1v) is 18.2. The van der Waals surface area contributed by atoms with E-state index in [0.29, 0.717) is 31.3 Å². The lowest BCUT2D eigenvalue weighted by Gasteiger charge is -2.20. The zero-order valence-corrected chi connectivity index (χ0v) is 28.1. The first-order valence-electron chi connectivity index (χ1n) is 18.2. The van der Waals surface area contributed by atoms with Crippen LogP contribution in [0, 0.1) is 0 Å². The van der Waals surface area contributed by atoms with E-state index in [1.165, 1.54) is 51.4 Å². The fraction of sp³-hybridized carbons (Fsp3) is 0.865. The Kier molecular flexibility index (Phi) is 21.2. The first-order chi connectivity index (χ1) is 21.3. The van der Waals surface area contributed by atoms with Gasteiger partial charge in [0.1, 0.15) is 6.10 Å². The number of aliphatic hydroxyl groups excluding tert-OH is 4. The number of ether oxygens (including phenoxy) is 2. The number of hydrogen-bond acceptors (Lipinski definition) is 7. The second-order valence-corrected chi connectivity index (χ2v) is 13.5. The average molecular weight is 623 g/mol. The Balaban J connectivity index is 1.40. The lowest BCUT2D eigenvalue weighted by molar-refractivity contribution is -0.139. The number of esters is 1. The third kappa shape index (κ3) is 17.4. The molecule has 0 spiro atoms. The van der Waals surface area contributed by atoms with Crippen molar-refractivity contribution >= 4 is 5.97 Å². The molecule has 2 heterocycles. The molecule has 0 aromatic heterocycles. The smallest absolute Gasteiger partial charge is 0.334 e. The van der Waals surface area contributed by atoms with Crippen LogP contribution in [-0.4, -0.2) is 69.1 Å². The normalized spacial score (nSPS) is 23.2. The highest BCUT2D eigenvalue weighted by molar-refractivity contribution is 5.90. The molecule has 0 unspecified atom stereocenters. The van der Waals surface area contributed by atoms with Gasteiger partial charge in [-0.1, -0.05) is 89.7 Å². The molecule has 7 heteroatoms. The van der Waals surface area contributed by atoms with Gasteiger partial charge in [-0.15, -0.1) is 0 Å². The van der Waals surface area contributed by atoms with Crippen molar-refractivity contribution in [1.29, 1.82) is 0 Å². The Labute approximate surface area is 268 Å². The number of hydrogen-bond donors (Lipinski definition) is 4. The van der Waals surface area contributed by atoms with E-state index in [-0.39, 0.29) is 30.4 Å². The molecular weight excluding hydrogens is 556 g/mol. The molecule has 0 bridgehead atoms. The third-order valence-corrected chi connectivity index (χ3v) is 9.29. The standard InChI is InChI=1S/C37H66O7/c1-3-4-5-6-7-8-9-10-11-14-18-23-35(41)36-26-25-32(44-36)21-19-24-34(40)33(39)22-17-15-12-13-16-20-31(38)28-30-27-29(2)43-37(30)42/h6-7,27,29,31-36,38-41H,3-5,8-26,28H2,1-2H3/b7-6-/t29-,31+,32-,33-,34-,35+,36+/m1/s1. The van der Waals surface area contributed by atoms with Crippen LogP contribution in [0.25, 0.3) is 0 Å². The van der Waals surface area contributed by atoms with Gasteiger partial charge in [-0.3, -0.25) is 0 Å². The van der Waals surface area contributed by atoms with Crippen LogP contribution in [0.3, 0.4) is 0 Å². The predicted molar refractivity (Wildman–Crippen MR) is 177 cm³/mol. The first kappa shape index (κ1) is 38.9. The maximum atomic E-state index is 11.7. The van der Waals surface area contributed by atoms with Gasteiger partial charge in [0.25, 0.3) is 0 Å². The number of allylic oxidation sites excluding steroid dienone is 2. The molecule has 2 rings (SSSR count). The maximum absolute atomic E-state index is 11.7. The number of aliphatic hydroxyl groups is 4. The van der Waals surface area contributed by atoms with Crippen molar-refractivity contribution in [2.45, 2.75) is 204 Å². The minimum Gasteiger partial charge on any atom is -0.455 e. The number of carbonyl (C=O) groups is 1. The molecule has 0 amide bonds. The van der Waals surface area contributed by atoms with Crippen molar-refractivity contribution in [2.24, 2.45) is 0 Å². The van der Waals surface area contributed by atoms with Gasteiger partial charge < -0.3 is 29.9 Å². The lowest BCUT2D eigenvalue weighted by atomic mass is 9.98. The zero-order chi connectivity index (χ0) is 32.0. The molecule has 0 aromatic carbocycles. The Hall–Kier alpha value is -1.25. The highest BCUT2D eigenvalue weighted by atomic mass is 16.5. The molecular formula is C37H66O7. The van der Waals surface area contributed by atoms with Crippen molar-refractivity contribution in [2.75, 3.05) is 0 Å². The average Bonchev–Trinajstić information content (AvgIpc) is 3.60. The van der Waals surface area contributed by atoms with Gasteiger partial charge in [0.05, 0.1) is 36.6 Å². The van der Waals surface area contributed by atoms with E-state index in [9.17, 15) is 25.2 Å². The fourth-order valence-corrected chi connectivity index (χ4v) is 6.46. The highest BCUT2D eigenvalue weighted by Crippen LogP contribution is 2.28. The second-order valence-electron chi connectivity index (χ2n) is 13.5. The van der Waals surface area contributed by atoms with Gasteiger partial charge in [0.15, 0.2) is 0 Å². The maximum Gasteiger partial charge on any atom is 0.334 e. The van der Waals surface area contributed by atoms with Crippen molar-refractivity contribution in [3.63, 3.8) is 0 Å². The predicted octanol–water partition coefficient (Wildman–Crippen LogP) is 7.62.